The van der Waals surface area contributed by atoms with Crippen LogP contribution in [0.4, 0.5) is 0 Å². The van der Waals surface area contributed by atoms with Crippen LogP contribution in [0.2, 0.25) is 5.02 Å². The van der Waals surface area contributed by atoms with E-state index in [0.717, 1.165) is 26.2 Å². The molecule has 0 saturated heterocycles. The Labute approximate surface area is 130 Å². The molecule has 1 aromatic heterocycles. The molecule has 0 radical (unpaired) electrons. The van der Waals surface area contributed by atoms with E-state index in [1.54, 1.807) is 0 Å². The number of oxazole rings is 1. The number of hydrogen-bond acceptors (Lipinski definition) is 2. The zero-order chi connectivity index (χ0) is 14.3. The van der Waals surface area contributed by atoms with Gasteiger partial charge >= 0.3 is 0 Å². The van der Waals surface area contributed by atoms with Crippen molar-refractivity contribution in [3.8, 4) is 0 Å². The predicted molar refractivity (Wildman–Crippen MR) is 85.4 cm³/mol. The Hall–Kier alpha value is -1.32. The molecule has 0 unspecified atom stereocenters. The van der Waals surface area contributed by atoms with Gasteiger partial charge in [-0.25, -0.2) is 4.98 Å². The Morgan fingerprint density at radius 3 is 2.60 bits per heavy atom. The lowest BCUT2D eigenvalue weighted by Gasteiger charge is -2.01. The molecule has 3 aromatic rings. The van der Waals surface area contributed by atoms with Crippen LogP contribution in [0.1, 0.15) is 22.6 Å². The van der Waals surface area contributed by atoms with Crippen molar-refractivity contribution in [2.24, 2.45) is 0 Å². The molecule has 3 rings (SSSR count). The van der Waals surface area contributed by atoms with Crippen LogP contribution in [0, 0.1) is 13.8 Å². The molecular formula is C16H13BrClNO. The Bertz CT molecular complexity index is 777. The highest BCUT2D eigenvalue weighted by Crippen LogP contribution is 2.31. The van der Waals surface area contributed by atoms with Crippen LogP contribution in [-0.2, 0) is 6.42 Å². The van der Waals surface area contributed by atoms with E-state index in [0.29, 0.717) is 12.3 Å². The lowest BCUT2D eigenvalue weighted by atomic mass is 10.1. The number of rotatable bonds is 2. The first-order valence-corrected chi connectivity index (χ1v) is 7.51. The van der Waals surface area contributed by atoms with Gasteiger partial charge < -0.3 is 4.42 Å². The summed E-state index contributed by atoms with van der Waals surface area (Å²) in [6.45, 7) is 4.15. The van der Waals surface area contributed by atoms with Gasteiger partial charge in [0.25, 0.3) is 0 Å². The van der Waals surface area contributed by atoms with Crippen LogP contribution in [0.25, 0.3) is 11.1 Å². The Balaban J connectivity index is 2.01. The molecule has 102 valence electrons. The molecule has 0 aliphatic rings. The van der Waals surface area contributed by atoms with Crippen LogP contribution in [0.3, 0.4) is 0 Å². The lowest BCUT2D eigenvalue weighted by molar-refractivity contribution is 0.542. The van der Waals surface area contributed by atoms with Crippen LogP contribution in [-0.4, -0.2) is 4.98 Å². The van der Waals surface area contributed by atoms with Gasteiger partial charge in [-0.15, -0.1) is 0 Å². The van der Waals surface area contributed by atoms with E-state index in [4.69, 9.17) is 16.0 Å². The molecule has 4 heteroatoms. The topological polar surface area (TPSA) is 26.0 Å². The minimum absolute atomic E-state index is 0.663. The normalized spacial score (nSPS) is 11.2. The van der Waals surface area contributed by atoms with E-state index in [-0.39, 0.29) is 0 Å². The summed E-state index contributed by atoms with van der Waals surface area (Å²) in [5.74, 6) is 0.716. The smallest absolute Gasteiger partial charge is 0.199 e. The maximum atomic E-state index is 5.89. The quantitative estimate of drug-likeness (QED) is 0.614. The summed E-state index contributed by atoms with van der Waals surface area (Å²) < 4.78 is 6.87. The molecule has 0 bridgehead atoms. The number of hydrogen-bond donors (Lipinski definition) is 0. The molecule has 0 amide bonds. The number of nitrogens with zero attached hydrogens (tertiary/aromatic N) is 1. The predicted octanol–water partition coefficient (Wildman–Crippen LogP) is 5.45. The van der Waals surface area contributed by atoms with Crippen molar-refractivity contribution in [1.29, 1.82) is 0 Å². The fraction of sp³-hybridized carbons (Fsp3) is 0.188. The molecule has 0 aliphatic carbocycles. The highest BCUT2D eigenvalue weighted by molar-refractivity contribution is 9.10. The molecule has 2 aromatic carbocycles. The van der Waals surface area contributed by atoms with Crippen molar-refractivity contribution in [2.75, 3.05) is 0 Å². The van der Waals surface area contributed by atoms with E-state index in [2.05, 4.69) is 40.8 Å². The Morgan fingerprint density at radius 2 is 1.90 bits per heavy atom. The Morgan fingerprint density at radius 1 is 1.20 bits per heavy atom. The van der Waals surface area contributed by atoms with Gasteiger partial charge in [0.15, 0.2) is 11.5 Å². The second-order valence-corrected chi connectivity index (χ2v) is 6.12. The summed E-state index contributed by atoms with van der Waals surface area (Å²) >= 11 is 9.48. The van der Waals surface area contributed by atoms with Crippen LogP contribution >= 0.6 is 27.5 Å². The fourth-order valence-electron chi connectivity index (χ4n) is 2.14. The van der Waals surface area contributed by atoms with Gasteiger partial charge in [0.2, 0.25) is 0 Å². The summed E-state index contributed by atoms with van der Waals surface area (Å²) in [5, 5.41) is 0.736. The number of benzene rings is 2. The summed E-state index contributed by atoms with van der Waals surface area (Å²) in [7, 11) is 0. The molecule has 1 heterocycles. The van der Waals surface area contributed by atoms with E-state index in [1.165, 1.54) is 11.1 Å². The maximum Gasteiger partial charge on any atom is 0.199 e. The standard InChI is InChI=1S/C16H13BrClNO/c1-9-7-13-16(15(17)10(9)2)20-14(19-13)8-11-3-5-12(18)6-4-11/h3-7H,8H2,1-2H3. The van der Waals surface area contributed by atoms with Crippen molar-refractivity contribution < 1.29 is 4.42 Å². The molecule has 0 fully saturated rings. The summed E-state index contributed by atoms with van der Waals surface area (Å²) in [6, 6.07) is 9.79. The Kier molecular flexibility index (Phi) is 3.57. The van der Waals surface area contributed by atoms with Gasteiger partial charge in [-0.05, 0) is 64.7 Å². The van der Waals surface area contributed by atoms with Gasteiger partial charge in [0.1, 0.15) is 5.52 Å². The molecular weight excluding hydrogens is 338 g/mol. The molecule has 20 heavy (non-hydrogen) atoms. The van der Waals surface area contributed by atoms with Gasteiger partial charge in [-0.1, -0.05) is 23.7 Å². The molecule has 0 aliphatic heterocycles. The van der Waals surface area contributed by atoms with E-state index >= 15 is 0 Å². The lowest BCUT2D eigenvalue weighted by Crippen LogP contribution is -1.87. The second-order valence-electron chi connectivity index (χ2n) is 4.89. The van der Waals surface area contributed by atoms with Gasteiger partial charge in [-0.2, -0.15) is 0 Å². The highest BCUT2D eigenvalue weighted by atomic mass is 79.9. The molecule has 0 atom stereocenters. The van der Waals surface area contributed by atoms with Crippen LogP contribution < -0.4 is 0 Å². The number of aromatic nitrogens is 1. The summed E-state index contributed by atoms with van der Waals surface area (Å²) in [6.07, 6.45) is 0.663. The van der Waals surface area contributed by atoms with Crippen molar-refractivity contribution in [3.05, 3.63) is 62.4 Å². The molecule has 0 N–H and O–H groups in total. The van der Waals surface area contributed by atoms with E-state index in [1.807, 2.05) is 24.3 Å². The minimum atomic E-state index is 0.663. The van der Waals surface area contributed by atoms with Crippen molar-refractivity contribution in [3.63, 3.8) is 0 Å². The van der Waals surface area contributed by atoms with Gasteiger partial charge in [-0.3, -0.25) is 0 Å². The fourth-order valence-corrected chi connectivity index (χ4v) is 2.87. The van der Waals surface area contributed by atoms with E-state index in [9.17, 15) is 0 Å². The first-order chi connectivity index (χ1) is 9.54. The van der Waals surface area contributed by atoms with Crippen LogP contribution in [0.5, 0.6) is 0 Å². The maximum absolute atomic E-state index is 5.89. The van der Waals surface area contributed by atoms with Crippen molar-refractivity contribution in [2.45, 2.75) is 20.3 Å². The third-order valence-electron chi connectivity index (χ3n) is 3.44. The first kappa shape index (κ1) is 13.7. The zero-order valence-corrected chi connectivity index (χ0v) is 13.5. The van der Waals surface area contributed by atoms with Crippen LogP contribution in [0.15, 0.2) is 39.2 Å². The van der Waals surface area contributed by atoms with E-state index < -0.39 is 0 Å². The van der Waals surface area contributed by atoms with Crippen molar-refractivity contribution in [1.82, 2.24) is 4.98 Å². The zero-order valence-electron chi connectivity index (χ0n) is 11.2. The van der Waals surface area contributed by atoms with Crippen molar-refractivity contribution >= 4 is 38.6 Å². The molecule has 2 nitrogen and oxygen atoms in total. The molecule has 0 spiro atoms. The summed E-state index contributed by atoms with van der Waals surface area (Å²) in [4.78, 5) is 4.56. The van der Waals surface area contributed by atoms with Gasteiger partial charge in [0.05, 0.1) is 4.47 Å². The average molecular weight is 351 g/mol. The summed E-state index contributed by atoms with van der Waals surface area (Å²) in [5.41, 5.74) is 5.23. The van der Waals surface area contributed by atoms with Gasteiger partial charge in [0, 0.05) is 11.4 Å². The first-order valence-electron chi connectivity index (χ1n) is 6.34. The molecule has 0 saturated carbocycles. The number of aryl methyl sites for hydroxylation is 1. The minimum Gasteiger partial charge on any atom is -0.439 e. The largest absolute Gasteiger partial charge is 0.439 e. The third kappa shape index (κ3) is 2.48. The second kappa shape index (κ2) is 5.23. The monoisotopic (exact) mass is 349 g/mol. The SMILES string of the molecule is Cc1cc2nc(Cc3ccc(Cl)cc3)oc2c(Br)c1C. The third-order valence-corrected chi connectivity index (χ3v) is 4.65. The number of halogens is 2. The number of fused-ring (bicyclic) bond motifs is 1. The highest BCUT2D eigenvalue weighted by Gasteiger charge is 2.13. The average Bonchev–Trinajstić information content (AvgIpc) is 2.81.